The second-order valence-corrected chi connectivity index (χ2v) is 4.77. The second-order valence-electron chi connectivity index (χ2n) is 3.52. The molecular weight excluding hydrogens is 315 g/mol. The van der Waals surface area contributed by atoms with Crippen LogP contribution < -0.4 is 5.73 Å². The largest absolute Gasteiger partial charge is 0.441 e. The van der Waals surface area contributed by atoms with E-state index in [1.54, 1.807) is 6.20 Å². The quantitative estimate of drug-likeness (QED) is 0.878. The molecule has 4 heteroatoms. The van der Waals surface area contributed by atoms with Crippen molar-refractivity contribution in [2.24, 2.45) is 5.73 Å². The Morgan fingerprint density at radius 3 is 3.00 bits per heavy atom. The lowest BCUT2D eigenvalue weighted by molar-refractivity contribution is 0.499. The lowest BCUT2D eigenvalue weighted by Gasteiger charge is -1.96. The Labute approximate surface area is 108 Å². The van der Waals surface area contributed by atoms with E-state index in [9.17, 15) is 0 Å². The van der Waals surface area contributed by atoms with Crippen LogP contribution in [0, 0.1) is 3.57 Å². The third kappa shape index (κ3) is 2.82. The fourth-order valence-electron chi connectivity index (χ4n) is 1.45. The predicted octanol–water partition coefficient (Wildman–Crippen LogP) is 2.84. The smallest absolute Gasteiger partial charge is 0.194 e. The summed E-state index contributed by atoms with van der Waals surface area (Å²) in [5, 5.41) is 0. The first-order valence-electron chi connectivity index (χ1n) is 5.20. The van der Waals surface area contributed by atoms with Gasteiger partial charge in [0.2, 0.25) is 0 Å². The highest BCUT2D eigenvalue weighted by atomic mass is 127. The fourth-order valence-corrected chi connectivity index (χ4v) is 2.00. The van der Waals surface area contributed by atoms with E-state index in [4.69, 9.17) is 10.2 Å². The summed E-state index contributed by atoms with van der Waals surface area (Å²) < 4.78 is 6.85. The van der Waals surface area contributed by atoms with Gasteiger partial charge >= 0.3 is 0 Å². The van der Waals surface area contributed by atoms with E-state index in [-0.39, 0.29) is 0 Å². The van der Waals surface area contributed by atoms with E-state index in [0.29, 0.717) is 6.54 Å². The molecule has 0 fully saturated rings. The van der Waals surface area contributed by atoms with Crippen molar-refractivity contribution in [1.29, 1.82) is 0 Å². The van der Waals surface area contributed by atoms with Crippen LogP contribution in [-0.2, 0) is 6.42 Å². The summed E-state index contributed by atoms with van der Waals surface area (Å²) in [6.45, 7) is 0.668. The molecule has 3 nitrogen and oxygen atoms in total. The number of nitrogens with two attached hydrogens (primary N) is 1. The Morgan fingerprint density at radius 1 is 1.38 bits per heavy atom. The van der Waals surface area contributed by atoms with Gasteiger partial charge in [-0.25, -0.2) is 4.98 Å². The molecule has 0 bridgehead atoms. The normalized spacial score (nSPS) is 10.6. The monoisotopic (exact) mass is 328 g/mol. The van der Waals surface area contributed by atoms with Crippen LogP contribution in [-0.4, -0.2) is 11.5 Å². The maximum Gasteiger partial charge on any atom is 0.194 e. The van der Waals surface area contributed by atoms with Crippen LogP contribution >= 0.6 is 22.6 Å². The van der Waals surface area contributed by atoms with Crippen molar-refractivity contribution in [2.45, 2.75) is 12.8 Å². The van der Waals surface area contributed by atoms with Crippen LogP contribution in [0.25, 0.3) is 11.3 Å². The number of aromatic nitrogens is 1. The maximum absolute atomic E-state index is 5.66. The molecule has 2 rings (SSSR count). The first-order chi connectivity index (χ1) is 7.79. The summed E-state index contributed by atoms with van der Waals surface area (Å²) in [7, 11) is 0. The molecule has 0 amide bonds. The number of hydrogen-bond donors (Lipinski definition) is 1. The van der Waals surface area contributed by atoms with Gasteiger partial charge in [-0.15, -0.1) is 0 Å². The molecule has 0 saturated heterocycles. The second kappa shape index (κ2) is 5.45. The van der Waals surface area contributed by atoms with Gasteiger partial charge in [-0.2, -0.15) is 0 Å². The van der Waals surface area contributed by atoms with Crippen LogP contribution in [0.2, 0.25) is 0 Å². The van der Waals surface area contributed by atoms with E-state index in [1.165, 1.54) is 3.57 Å². The zero-order valence-corrected chi connectivity index (χ0v) is 11.0. The van der Waals surface area contributed by atoms with Gasteiger partial charge in [0.1, 0.15) is 0 Å². The SMILES string of the molecule is NCCCc1ncc(-c2cccc(I)c2)o1. The molecule has 0 spiro atoms. The Morgan fingerprint density at radius 2 is 2.25 bits per heavy atom. The van der Waals surface area contributed by atoms with Crippen LogP contribution in [0.15, 0.2) is 34.9 Å². The predicted molar refractivity (Wildman–Crippen MR) is 72.0 cm³/mol. The Bertz CT molecular complexity index is 468. The van der Waals surface area contributed by atoms with Gasteiger partial charge in [0.05, 0.1) is 6.20 Å². The lowest BCUT2D eigenvalue weighted by atomic mass is 10.2. The molecule has 0 unspecified atom stereocenters. The number of benzene rings is 1. The van der Waals surface area contributed by atoms with Gasteiger partial charge in [-0.1, -0.05) is 12.1 Å². The number of halogens is 1. The highest BCUT2D eigenvalue weighted by molar-refractivity contribution is 14.1. The lowest BCUT2D eigenvalue weighted by Crippen LogP contribution is -2.00. The van der Waals surface area contributed by atoms with E-state index in [2.05, 4.69) is 39.7 Å². The van der Waals surface area contributed by atoms with Crippen molar-refractivity contribution in [3.05, 3.63) is 39.9 Å². The molecule has 0 aliphatic carbocycles. The number of nitrogens with zero attached hydrogens (tertiary/aromatic N) is 1. The zero-order chi connectivity index (χ0) is 11.4. The minimum Gasteiger partial charge on any atom is -0.441 e. The van der Waals surface area contributed by atoms with Gasteiger partial charge in [0, 0.05) is 15.6 Å². The molecule has 2 aromatic rings. The van der Waals surface area contributed by atoms with Crippen molar-refractivity contribution in [1.82, 2.24) is 4.98 Å². The molecule has 0 atom stereocenters. The molecular formula is C12H13IN2O. The van der Waals surface area contributed by atoms with Gasteiger partial charge in [-0.05, 0) is 47.7 Å². The average molecular weight is 328 g/mol. The topological polar surface area (TPSA) is 52.0 Å². The van der Waals surface area contributed by atoms with Gasteiger partial charge < -0.3 is 10.2 Å². The average Bonchev–Trinajstić information content (AvgIpc) is 2.75. The van der Waals surface area contributed by atoms with E-state index in [0.717, 1.165) is 30.1 Å². The van der Waals surface area contributed by atoms with Crippen LogP contribution in [0.4, 0.5) is 0 Å². The minimum absolute atomic E-state index is 0.668. The van der Waals surface area contributed by atoms with Crippen LogP contribution in [0.3, 0.4) is 0 Å². The standard InChI is InChI=1S/C12H13IN2O/c13-10-4-1-3-9(7-10)11-8-15-12(16-11)5-2-6-14/h1,3-4,7-8H,2,5-6,14H2. The molecule has 1 heterocycles. The molecule has 16 heavy (non-hydrogen) atoms. The summed E-state index contributed by atoms with van der Waals surface area (Å²) >= 11 is 2.28. The third-order valence-electron chi connectivity index (χ3n) is 2.26. The summed E-state index contributed by atoms with van der Waals surface area (Å²) in [5.41, 5.74) is 6.51. The van der Waals surface area contributed by atoms with Crippen molar-refractivity contribution in [2.75, 3.05) is 6.54 Å². The van der Waals surface area contributed by atoms with Gasteiger partial charge in [-0.3, -0.25) is 0 Å². The van der Waals surface area contributed by atoms with E-state index in [1.807, 2.05) is 12.1 Å². The molecule has 2 N–H and O–H groups in total. The number of rotatable bonds is 4. The summed E-state index contributed by atoms with van der Waals surface area (Å²) in [4.78, 5) is 4.24. The molecule has 84 valence electrons. The van der Waals surface area contributed by atoms with Crippen molar-refractivity contribution in [3.8, 4) is 11.3 Å². The van der Waals surface area contributed by atoms with Gasteiger partial charge in [0.25, 0.3) is 0 Å². The fraction of sp³-hybridized carbons (Fsp3) is 0.250. The molecule has 1 aromatic heterocycles. The first kappa shape index (κ1) is 11.6. The van der Waals surface area contributed by atoms with E-state index < -0.39 is 0 Å². The zero-order valence-electron chi connectivity index (χ0n) is 8.82. The van der Waals surface area contributed by atoms with Gasteiger partial charge in [0.15, 0.2) is 11.7 Å². The number of aryl methyl sites for hydroxylation is 1. The molecule has 0 radical (unpaired) electrons. The summed E-state index contributed by atoms with van der Waals surface area (Å²) in [6, 6.07) is 8.16. The van der Waals surface area contributed by atoms with Crippen LogP contribution in [0.5, 0.6) is 0 Å². The summed E-state index contributed by atoms with van der Waals surface area (Å²) in [5.74, 6) is 1.59. The van der Waals surface area contributed by atoms with Crippen molar-refractivity contribution in [3.63, 3.8) is 0 Å². The minimum atomic E-state index is 0.668. The van der Waals surface area contributed by atoms with E-state index >= 15 is 0 Å². The number of hydrogen-bond acceptors (Lipinski definition) is 3. The summed E-state index contributed by atoms with van der Waals surface area (Å²) in [6.07, 6.45) is 3.49. The first-order valence-corrected chi connectivity index (χ1v) is 6.28. The highest BCUT2D eigenvalue weighted by Gasteiger charge is 2.05. The van der Waals surface area contributed by atoms with Crippen LogP contribution in [0.1, 0.15) is 12.3 Å². The maximum atomic E-state index is 5.66. The Balaban J connectivity index is 2.18. The molecule has 0 saturated carbocycles. The molecule has 0 aliphatic rings. The highest BCUT2D eigenvalue weighted by Crippen LogP contribution is 2.22. The Kier molecular flexibility index (Phi) is 3.95. The van der Waals surface area contributed by atoms with Crippen molar-refractivity contribution >= 4 is 22.6 Å². The molecule has 0 aliphatic heterocycles. The number of oxazole rings is 1. The molecule has 1 aromatic carbocycles. The Hall–Kier alpha value is -0.880. The third-order valence-corrected chi connectivity index (χ3v) is 2.93. The van der Waals surface area contributed by atoms with Crippen molar-refractivity contribution < 1.29 is 4.42 Å².